The fourth-order valence-corrected chi connectivity index (χ4v) is 2.26. The third-order valence-electron chi connectivity index (χ3n) is 3.14. The van der Waals surface area contributed by atoms with Crippen molar-refractivity contribution >= 4 is 17.3 Å². The number of halogens is 5. The van der Waals surface area contributed by atoms with E-state index in [2.05, 4.69) is 4.99 Å². The van der Waals surface area contributed by atoms with Gasteiger partial charge in [0.2, 0.25) is 5.62 Å². The molecule has 2 rings (SSSR count). The Morgan fingerprint density at radius 3 is 2.24 bits per heavy atom. The van der Waals surface area contributed by atoms with Crippen molar-refractivity contribution in [3.63, 3.8) is 0 Å². The van der Waals surface area contributed by atoms with Gasteiger partial charge in [-0.25, -0.2) is 8.96 Å². The van der Waals surface area contributed by atoms with E-state index in [1.807, 2.05) is 13.8 Å². The number of nitrogens with two attached hydrogens (primary N) is 1. The van der Waals surface area contributed by atoms with Gasteiger partial charge in [0.1, 0.15) is 11.5 Å². The Labute approximate surface area is 146 Å². The van der Waals surface area contributed by atoms with Crippen LogP contribution in [0.4, 0.5) is 23.2 Å². The minimum atomic E-state index is -4.76. The Morgan fingerprint density at radius 2 is 1.76 bits per heavy atom. The molecule has 0 unspecified atom stereocenters. The molecule has 0 aliphatic rings. The molecule has 138 valence electrons. The van der Waals surface area contributed by atoms with E-state index in [1.165, 1.54) is 7.05 Å². The fourth-order valence-electron chi connectivity index (χ4n) is 2.11. The highest BCUT2D eigenvalue weighted by atomic mass is 35.5. The van der Waals surface area contributed by atoms with Crippen molar-refractivity contribution in [2.24, 2.45) is 12.0 Å². The predicted molar refractivity (Wildman–Crippen MR) is 88.2 cm³/mol. The first-order valence-corrected chi connectivity index (χ1v) is 7.53. The van der Waals surface area contributed by atoms with Crippen LogP contribution in [0.25, 0.3) is 5.69 Å². The van der Waals surface area contributed by atoms with Crippen LogP contribution in [0.5, 0.6) is 0 Å². The largest absolute Gasteiger partial charge is 0.431 e. The normalized spacial score (nSPS) is 12.0. The highest BCUT2D eigenvalue weighted by Crippen LogP contribution is 2.27. The van der Waals surface area contributed by atoms with Crippen molar-refractivity contribution in [1.82, 2.24) is 9.13 Å². The number of benzene rings is 1. The first-order chi connectivity index (χ1) is 11.6. The second kappa shape index (κ2) is 7.73. The van der Waals surface area contributed by atoms with Crippen molar-refractivity contribution < 1.29 is 17.6 Å². The third-order valence-corrected chi connectivity index (χ3v) is 3.47. The van der Waals surface area contributed by atoms with Crippen LogP contribution in [0.2, 0.25) is 5.02 Å². The van der Waals surface area contributed by atoms with Crippen molar-refractivity contribution in [2.45, 2.75) is 20.0 Å². The predicted octanol–water partition coefficient (Wildman–Crippen LogP) is 3.13. The molecule has 0 radical (unpaired) electrons. The quantitative estimate of drug-likeness (QED) is 0.610. The minimum Gasteiger partial charge on any atom is -0.397 e. The summed E-state index contributed by atoms with van der Waals surface area (Å²) in [6.07, 6.45) is -4.76. The van der Waals surface area contributed by atoms with Gasteiger partial charge < -0.3 is 10.3 Å². The molecule has 25 heavy (non-hydrogen) atoms. The number of nitrogen functional groups attached to an aromatic ring is 1. The van der Waals surface area contributed by atoms with E-state index < -0.39 is 28.9 Å². The first-order valence-electron chi connectivity index (χ1n) is 7.16. The number of alkyl halides is 3. The Morgan fingerprint density at radius 1 is 1.20 bits per heavy atom. The molecule has 0 saturated carbocycles. The summed E-state index contributed by atoms with van der Waals surface area (Å²) in [7, 11) is 2.25. The van der Waals surface area contributed by atoms with Crippen LogP contribution in [0.1, 0.15) is 19.5 Å². The lowest BCUT2D eigenvalue weighted by atomic mass is 10.2. The zero-order valence-electron chi connectivity index (χ0n) is 13.9. The maximum absolute atomic E-state index is 14.1. The Bertz CT molecular complexity index is 900. The van der Waals surface area contributed by atoms with Crippen LogP contribution in [0.15, 0.2) is 28.0 Å². The molecular weight excluding hydrogens is 364 g/mol. The molecule has 0 spiro atoms. The molecule has 1 aromatic carbocycles. The first kappa shape index (κ1) is 20.8. The molecule has 10 heteroatoms. The molecule has 0 atom stereocenters. The van der Waals surface area contributed by atoms with Gasteiger partial charge >= 0.3 is 6.18 Å². The number of anilines is 1. The van der Waals surface area contributed by atoms with Crippen LogP contribution in [0.3, 0.4) is 0 Å². The second-order valence-electron chi connectivity index (χ2n) is 4.61. The summed E-state index contributed by atoms with van der Waals surface area (Å²) in [6.45, 7) is 4.00. The van der Waals surface area contributed by atoms with Gasteiger partial charge in [0.25, 0.3) is 5.56 Å². The SMILES string of the molecule is CC.CN=c1n(C)c(C(F)(F)F)cc(=O)n1-c1cc(N)c(Cl)cc1F. The molecule has 0 aliphatic carbocycles. The summed E-state index contributed by atoms with van der Waals surface area (Å²) >= 11 is 5.67. The van der Waals surface area contributed by atoms with Crippen molar-refractivity contribution in [3.8, 4) is 5.69 Å². The second-order valence-corrected chi connectivity index (χ2v) is 5.02. The van der Waals surface area contributed by atoms with E-state index in [0.29, 0.717) is 15.2 Å². The highest BCUT2D eigenvalue weighted by molar-refractivity contribution is 6.33. The zero-order chi connectivity index (χ0) is 19.5. The fraction of sp³-hybridized carbons (Fsp3) is 0.333. The van der Waals surface area contributed by atoms with E-state index in [1.54, 1.807) is 0 Å². The molecule has 0 bridgehead atoms. The summed E-state index contributed by atoms with van der Waals surface area (Å²) in [5.74, 6) is -0.920. The molecule has 0 amide bonds. The molecule has 0 aliphatic heterocycles. The third kappa shape index (κ3) is 4.04. The highest BCUT2D eigenvalue weighted by Gasteiger charge is 2.34. The smallest absolute Gasteiger partial charge is 0.397 e. The lowest BCUT2D eigenvalue weighted by Crippen LogP contribution is -2.42. The van der Waals surface area contributed by atoms with E-state index in [-0.39, 0.29) is 16.4 Å². The Balaban J connectivity index is 0.00000151. The maximum atomic E-state index is 14.1. The average Bonchev–Trinajstić information content (AvgIpc) is 2.53. The zero-order valence-corrected chi connectivity index (χ0v) is 14.7. The summed E-state index contributed by atoms with van der Waals surface area (Å²) in [5.41, 5.74) is 2.50. The minimum absolute atomic E-state index is 0.0282. The van der Waals surface area contributed by atoms with E-state index >= 15 is 0 Å². The van der Waals surface area contributed by atoms with Crippen molar-refractivity contribution in [1.29, 1.82) is 0 Å². The summed E-state index contributed by atoms with van der Waals surface area (Å²) in [5, 5.41) is -0.0782. The van der Waals surface area contributed by atoms with E-state index in [9.17, 15) is 22.4 Å². The number of hydrogen-bond donors (Lipinski definition) is 1. The van der Waals surface area contributed by atoms with Gasteiger partial charge in [0.05, 0.1) is 16.4 Å². The number of nitrogens with zero attached hydrogens (tertiary/aromatic N) is 3. The van der Waals surface area contributed by atoms with Crippen LogP contribution in [-0.2, 0) is 13.2 Å². The van der Waals surface area contributed by atoms with Crippen LogP contribution in [-0.4, -0.2) is 16.2 Å². The molecule has 1 heterocycles. The Hall–Kier alpha value is -2.29. The van der Waals surface area contributed by atoms with Crippen molar-refractivity contribution in [3.05, 3.63) is 50.7 Å². The van der Waals surface area contributed by atoms with Gasteiger partial charge in [-0.1, -0.05) is 25.4 Å². The van der Waals surface area contributed by atoms with Crippen LogP contribution in [0, 0.1) is 5.82 Å². The van der Waals surface area contributed by atoms with Crippen LogP contribution >= 0.6 is 11.6 Å². The maximum Gasteiger partial charge on any atom is 0.431 e. The lowest BCUT2D eigenvalue weighted by molar-refractivity contribution is -0.144. The molecule has 0 saturated heterocycles. The van der Waals surface area contributed by atoms with Gasteiger partial charge in [-0.3, -0.25) is 9.79 Å². The Kier molecular flexibility index (Phi) is 6.42. The molecule has 0 fully saturated rings. The molecule has 5 nitrogen and oxygen atoms in total. The summed E-state index contributed by atoms with van der Waals surface area (Å²) in [6, 6.07) is 2.29. The van der Waals surface area contributed by atoms with E-state index in [4.69, 9.17) is 17.3 Å². The van der Waals surface area contributed by atoms with Gasteiger partial charge in [-0.15, -0.1) is 0 Å². The molecule has 2 aromatic rings. The lowest BCUT2D eigenvalue weighted by Gasteiger charge is -2.16. The van der Waals surface area contributed by atoms with Gasteiger partial charge in [0.15, 0.2) is 0 Å². The van der Waals surface area contributed by atoms with Gasteiger partial charge in [-0.05, 0) is 12.1 Å². The average molecular weight is 381 g/mol. The number of rotatable bonds is 1. The van der Waals surface area contributed by atoms with Crippen LogP contribution < -0.4 is 16.9 Å². The number of hydrogen-bond acceptors (Lipinski definition) is 3. The van der Waals surface area contributed by atoms with E-state index in [0.717, 1.165) is 19.2 Å². The molecule has 2 N–H and O–H groups in total. The number of aromatic nitrogens is 2. The summed E-state index contributed by atoms with van der Waals surface area (Å²) in [4.78, 5) is 15.8. The van der Waals surface area contributed by atoms with Gasteiger partial charge in [-0.2, -0.15) is 13.2 Å². The monoisotopic (exact) mass is 380 g/mol. The van der Waals surface area contributed by atoms with Gasteiger partial charge in [0, 0.05) is 20.2 Å². The topological polar surface area (TPSA) is 65.3 Å². The van der Waals surface area contributed by atoms with Crippen molar-refractivity contribution in [2.75, 3.05) is 12.8 Å². The summed E-state index contributed by atoms with van der Waals surface area (Å²) < 4.78 is 54.3. The standard InChI is InChI=1S/C13H11ClF4N4O.C2H6/c1-20-12-21(2)10(13(16,17)18)5-11(23)22(12)9-4-8(19)6(14)3-7(9)15;1-2/h3-5H,19H2,1-2H3;1-2H3. The molecule has 1 aromatic heterocycles. The molecular formula is C15H17ClF4N4O.